The lowest BCUT2D eigenvalue weighted by Crippen LogP contribution is -2.19. The topological polar surface area (TPSA) is 60.7 Å². The van der Waals surface area contributed by atoms with E-state index in [2.05, 4.69) is 4.99 Å². The minimum absolute atomic E-state index is 0.0298. The molecule has 2 aromatic carbocycles. The third-order valence-electron chi connectivity index (χ3n) is 3.84. The Bertz CT molecular complexity index is 984. The molecular formula is C19H18N2O3S. The van der Waals surface area contributed by atoms with Gasteiger partial charge in [0.25, 0.3) is 5.91 Å². The second-order valence-electron chi connectivity index (χ2n) is 5.55. The van der Waals surface area contributed by atoms with E-state index in [-0.39, 0.29) is 11.7 Å². The number of para-hydroxylation sites is 1. The molecule has 6 heteroatoms. The van der Waals surface area contributed by atoms with Crippen molar-refractivity contribution in [1.82, 2.24) is 4.57 Å². The predicted molar refractivity (Wildman–Crippen MR) is 98.0 cm³/mol. The van der Waals surface area contributed by atoms with E-state index in [0.717, 1.165) is 10.2 Å². The number of ketones is 1. The Morgan fingerprint density at radius 1 is 1.08 bits per heavy atom. The fraction of sp³-hybridized carbons (Fsp3) is 0.211. The smallest absolute Gasteiger partial charge is 0.279 e. The van der Waals surface area contributed by atoms with Crippen molar-refractivity contribution in [3.05, 3.63) is 64.5 Å². The summed E-state index contributed by atoms with van der Waals surface area (Å²) in [5.74, 6) is -0.356. The Kier molecular flexibility index (Phi) is 5.21. The highest BCUT2D eigenvalue weighted by atomic mass is 32.1. The molecule has 0 fully saturated rings. The van der Waals surface area contributed by atoms with Crippen molar-refractivity contribution in [2.24, 2.45) is 4.99 Å². The summed E-state index contributed by atoms with van der Waals surface area (Å²) in [4.78, 5) is 28.8. The summed E-state index contributed by atoms with van der Waals surface area (Å²) >= 11 is 1.47. The Balaban J connectivity index is 2.01. The van der Waals surface area contributed by atoms with Gasteiger partial charge >= 0.3 is 0 Å². The second-order valence-corrected chi connectivity index (χ2v) is 6.56. The number of methoxy groups -OCH3 is 1. The van der Waals surface area contributed by atoms with Crippen molar-refractivity contribution in [1.29, 1.82) is 0 Å². The van der Waals surface area contributed by atoms with E-state index in [1.54, 1.807) is 31.4 Å². The van der Waals surface area contributed by atoms with Crippen molar-refractivity contribution in [2.45, 2.75) is 13.5 Å². The summed E-state index contributed by atoms with van der Waals surface area (Å²) in [6, 6.07) is 14.5. The number of ether oxygens (including phenoxy) is 1. The molecule has 0 unspecified atom stereocenters. The predicted octanol–water partition coefficient (Wildman–Crippen LogP) is 3.29. The largest absolute Gasteiger partial charge is 0.383 e. The summed E-state index contributed by atoms with van der Waals surface area (Å²) in [5, 5.41) is 0. The monoisotopic (exact) mass is 354 g/mol. The molecule has 0 N–H and O–H groups in total. The second kappa shape index (κ2) is 7.55. The fourth-order valence-corrected chi connectivity index (χ4v) is 3.56. The molecule has 3 rings (SSSR count). The molecular weight excluding hydrogens is 336 g/mol. The molecule has 0 aliphatic carbocycles. The molecule has 0 saturated carbocycles. The number of amides is 1. The van der Waals surface area contributed by atoms with Crippen LogP contribution in [0.1, 0.15) is 27.6 Å². The number of rotatable bonds is 5. The number of nitrogens with zero attached hydrogens (tertiary/aromatic N) is 2. The lowest BCUT2D eigenvalue weighted by atomic mass is 10.1. The summed E-state index contributed by atoms with van der Waals surface area (Å²) in [7, 11) is 1.65. The van der Waals surface area contributed by atoms with Crippen LogP contribution in [0.5, 0.6) is 0 Å². The van der Waals surface area contributed by atoms with Gasteiger partial charge in [0, 0.05) is 24.8 Å². The first-order chi connectivity index (χ1) is 12.1. The van der Waals surface area contributed by atoms with Gasteiger partial charge in [-0.1, -0.05) is 35.6 Å². The van der Waals surface area contributed by atoms with Crippen LogP contribution in [0.15, 0.2) is 53.5 Å². The first-order valence-corrected chi connectivity index (χ1v) is 8.69. The van der Waals surface area contributed by atoms with Gasteiger partial charge in [0.2, 0.25) is 0 Å². The summed E-state index contributed by atoms with van der Waals surface area (Å²) in [5.41, 5.74) is 2.07. The zero-order chi connectivity index (χ0) is 17.8. The van der Waals surface area contributed by atoms with Crippen molar-refractivity contribution in [3.8, 4) is 0 Å². The number of Topliss-reactive ketones (excluding diaryl/α,β-unsaturated/α-hetero) is 1. The van der Waals surface area contributed by atoms with Gasteiger partial charge in [-0.2, -0.15) is 4.99 Å². The number of thiazole rings is 1. The summed E-state index contributed by atoms with van der Waals surface area (Å²) in [6.07, 6.45) is 0. The van der Waals surface area contributed by atoms with E-state index in [9.17, 15) is 9.59 Å². The first-order valence-electron chi connectivity index (χ1n) is 7.87. The fourth-order valence-electron chi connectivity index (χ4n) is 2.50. The van der Waals surface area contributed by atoms with Crippen molar-refractivity contribution in [3.63, 3.8) is 0 Å². The van der Waals surface area contributed by atoms with Gasteiger partial charge < -0.3 is 9.30 Å². The molecule has 1 aromatic heterocycles. The van der Waals surface area contributed by atoms with E-state index < -0.39 is 0 Å². The van der Waals surface area contributed by atoms with Crippen LogP contribution in [-0.4, -0.2) is 30.0 Å². The van der Waals surface area contributed by atoms with Crippen LogP contribution in [0.2, 0.25) is 0 Å². The Morgan fingerprint density at radius 2 is 1.76 bits per heavy atom. The van der Waals surface area contributed by atoms with Crippen LogP contribution in [0.4, 0.5) is 0 Å². The van der Waals surface area contributed by atoms with Crippen LogP contribution < -0.4 is 4.80 Å². The van der Waals surface area contributed by atoms with Crippen LogP contribution in [0, 0.1) is 0 Å². The highest BCUT2D eigenvalue weighted by Crippen LogP contribution is 2.17. The zero-order valence-corrected chi connectivity index (χ0v) is 14.9. The lowest BCUT2D eigenvalue weighted by molar-refractivity contribution is 0.0991. The number of fused-ring (bicyclic) bond motifs is 1. The number of aromatic nitrogens is 1. The average molecular weight is 354 g/mol. The minimum atomic E-state index is -0.326. The van der Waals surface area contributed by atoms with Crippen molar-refractivity contribution in [2.75, 3.05) is 13.7 Å². The molecule has 0 saturated heterocycles. The molecule has 0 aliphatic heterocycles. The summed E-state index contributed by atoms with van der Waals surface area (Å²) in [6.45, 7) is 2.66. The highest BCUT2D eigenvalue weighted by molar-refractivity contribution is 7.16. The van der Waals surface area contributed by atoms with E-state index in [1.807, 2.05) is 28.8 Å². The maximum absolute atomic E-state index is 12.5. The Labute approximate surface area is 149 Å². The number of hydrogen-bond donors (Lipinski definition) is 0. The maximum Gasteiger partial charge on any atom is 0.279 e. The SMILES string of the molecule is COCCn1c(=NC(=O)c2ccc(C(C)=O)cc2)sc2ccccc21. The molecule has 0 spiro atoms. The molecule has 3 aromatic rings. The third-order valence-corrected chi connectivity index (χ3v) is 4.90. The first kappa shape index (κ1) is 17.3. The van der Waals surface area contributed by atoms with E-state index >= 15 is 0 Å². The molecule has 1 heterocycles. The molecule has 25 heavy (non-hydrogen) atoms. The number of carbonyl (C=O) groups is 2. The number of benzene rings is 2. The van der Waals surface area contributed by atoms with Gasteiger partial charge in [-0.05, 0) is 31.2 Å². The zero-order valence-electron chi connectivity index (χ0n) is 14.1. The molecule has 128 valence electrons. The van der Waals surface area contributed by atoms with Crippen molar-refractivity contribution >= 4 is 33.2 Å². The van der Waals surface area contributed by atoms with Crippen LogP contribution in [0.25, 0.3) is 10.2 Å². The highest BCUT2D eigenvalue weighted by Gasteiger charge is 2.09. The van der Waals surface area contributed by atoms with Crippen molar-refractivity contribution < 1.29 is 14.3 Å². The molecule has 5 nitrogen and oxygen atoms in total. The van der Waals surface area contributed by atoms with E-state index in [1.165, 1.54) is 18.3 Å². The molecule has 1 amide bonds. The van der Waals surface area contributed by atoms with E-state index in [0.29, 0.717) is 29.1 Å². The number of carbonyl (C=O) groups excluding carboxylic acids is 2. The van der Waals surface area contributed by atoms with Crippen LogP contribution in [0.3, 0.4) is 0 Å². The maximum atomic E-state index is 12.5. The quantitative estimate of drug-likeness (QED) is 0.661. The molecule has 0 radical (unpaired) electrons. The van der Waals surface area contributed by atoms with Crippen LogP contribution >= 0.6 is 11.3 Å². The average Bonchev–Trinajstić information content (AvgIpc) is 2.97. The molecule has 0 bridgehead atoms. The van der Waals surface area contributed by atoms with Gasteiger partial charge in [-0.15, -0.1) is 0 Å². The van der Waals surface area contributed by atoms with E-state index in [4.69, 9.17) is 4.74 Å². The van der Waals surface area contributed by atoms with Gasteiger partial charge in [0.05, 0.1) is 16.8 Å². The molecule has 0 aliphatic rings. The van der Waals surface area contributed by atoms with Gasteiger partial charge in [0.1, 0.15) is 0 Å². The van der Waals surface area contributed by atoms with Gasteiger partial charge in [0.15, 0.2) is 10.6 Å². The van der Waals surface area contributed by atoms with Gasteiger partial charge in [-0.25, -0.2) is 0 Å². The standard InChI is InChI=1S/C19H18N2O3S/c1-13(22)14-7-9-15(10-8-14)18(23)20-19-21(11-12-24-2)16-5-3-4-6-17(16)25-19/h3-10H,11-12H2,1-2H3. The lowest BCUT2D eigenvalue weighted by Gasteiger charge is -2.04. The van der Waals surface area contributed by atoms with Gasteiger partial charge in [-0.3, -0.25) is 9.59 Å². The minimum Gasteiger partial charge on any atom is -0.383 e. The van der Waals surface area contributed by atoms with Crippen LogP contribution in [-0.2, 0) is 11.3 Å². The molecule has 0 atom stereocenters. The number of hydrogen-bond acceptors (Lipinski definition) is 4. The third kappa shape index (κ3) is 3.75. The Morgan fingerprint density at radius 3 is 2.44 bits per heavy atom. The normalized spacial score (nSPS) is 11.8. The Hall–Kier alpha value is -2.57. The summed E-state index contributed by atoms with van der Waals surface area (Å²) < 4.78 is 8.23.